The molecule has 3 amide bonds. The summed E-state index contributed by atoms with van der Waals surface area (Å²) in [4.78, 5) is 26.8. The molecule has 6 heteroatoms. The molecule has 0 aromatic carbocycles. The van der Waals surface area contributed by atoms with Crippen molar-refractivity contribution in [3.63, 3.8) is 0 Å². The largest absolute Gasteiger partial charge is 0.370 e. The first-order valence-corrected chi connectivity index (χ1v) is 5.86. The second kappa shape index (κ2) is 4.52. The SMILES string of the molecule is CNC(=O)N1CC2CC(C(=O)N(C)C)C(C1)O2. The molecule has 2 saturated heterocycles. The molecule has 2 rings (SSSR count). The van der Waals surface area contributed by atoms with Gasteiger partial charge in [-0.1, -0.05) is 0 Å². The molecular formula is C11H19N3O3. The van der Waals surface area contributed by atoms with Gasteiger partial charge in [0.15, 0.2) is 0 Å². The molecule has 3 unspecified atom stereocenters. The summed E-state index contributed by atoms with van der Waals surface area (Å²) >= 11 is 0. The van der Waals surface area contributed by atoms with Crippen molar-refractivity contribution in [3.05, 3.63) is 0 Å². The molecule has 2 heterocycles. The van der Waals surface area contributed by atoms with E-state index in [2.05, 4.69) is 5.32 Å². The number of carbonyl (C=O) groups is 2. The van der Waals surface area contributed by atoms with Gasteiger partial charge in [-0.25, -0.2) is 4.79 Å². The molecular weight excluding hydrogens is 222 g/mol. The van der Waals surface area contributed by atoms with E-state index in [1.165, 1.54) is 0 Å². The lowest BCUT2D eigenvalue weighted by molar-refractivity contribution is -0.135. The lowest BCUT2D eigenvalue weighted by Gasteiger charge is -2.32. The lowest BCUT2D eigenvalue weighted by atomic mass is 9.99. The number of urea groups is 1. The highest BCUT2D eigenvalue weighted by atomic mass is 16.5. The van der Waals surface area contributed by atoms with E-state index >= 15 is 0 Å². The van der Waals surface area contributed by atoms with Crippen molar-refractivity contribution in [2.75, 3.05) is 34.2 Å². The van der Waals surface area contributed by atoms with E-state index in [0.717, 1.165) is 6.42 Å². The molecule has 0 saturated carbocycles. The minimum Gasteiger partial charge on any atom is -0.370 e. The number of hydrogen-bond acceptors (Lipinski definition) is 3. The summed E-state index contributed by atoms with van der Waals surface area (Å²) in [6.07, 6.45) is 0.565. The number of likely N-dealkylation sites (tertiary alicyclic amines) is 1. The van der Waals surface area contributed by atoms with E-state index < -0.39 is 0 Å². The van der Waals surface area contributed by atoms with Gasteiger partial charge in [0.2, 0.25) is 5.91 Å². The van der Waals surface area contributed by atoms with Gasteiger partial charge < -0.3 is 19.9 Å². The number of nitrogens with one attached hydrogen (secondary N) is 1. The van der Waals surface area contributed by atoms with Crippen molar-refractivity contribution in [1.82, 2.24) is 15.1 Å². The fraction of sp³-hybridized carbons (Fsp3) is 0.818. The Hall–Kier alpha value is -1.30. The summed E-state index contributed by atoms with van der Waals surface area (Å²) in [5, 5.41) is 2.61. The third kappa shape index (κ3) is 2.22. The second-order valence-corrected chi connectivity index (χ2v) is 4.83. The van der Waals surface area contributed by atoms with Crippen molar-refractivity contribution in [2.24, 2.45) is 5.92 Å². The molecule has 6 nitrogen and oxygen atoms in total. The fourth-order valence-electron chi connectivity index (χ4n) is 2.57. The van der Waals surface area contributed by atoms with Gasteiger partial charge in [-0.15, -0.1) is 0 Å². The first kappa shape index (κ1) is 12.2. The van der Waals surface area contributed by atoms with Gasteiger partial charge in [-0.3, -0.25) is 4.79 Å². The molecule has 0 aliphatic carbocycles. The Labute approximate surface area is 101 Å². The van der Waals surface area contributed by atoms with E-state index in [-0.39, 0.29) is 30.1 Å². The number of carbonyl (C=O) groups excluding carboxylic acids is 2. The van der Waals surface area contributed by atoms with E-state index in [1.54, 1.807) is 30.9 Å². The van der Waals surface area contributed by atoms with Crippen LogP contribution in [0.2, 0.25) is 0 Å². The third-order valence-corrected chi connectivity index (χ3v) is 3.42. The van der Waals surface area contributed by atoms with Gasteiger partial charge in [0.05, 0.1) is 18.1 Å². The van der Waals surface area contributed by atoms with E-state index in [1.807, 2.05) is 0 Å². The Balaban J connectivity index is 2.04. The molecule has 0 radical (unpaired) electrons. The van der Waals surface area contributed by atoms with Gasteiger partial charge in [0.1, 0.15) is 0 Å². The van der Waals surface area contributed by atoms with Crippen molar-refractivity contribution < 1.29 is 14.3 Å². The van der Waals surface area contributed by atoms with Crippen LogP contribution >= 0.6 is 0 Å². The van der Waals surface area contributed by atoms with Crippen molar-refractivity contribution in [2.45, 2.75) is 18.6 Å². The zero-order chi connectivity index (χ0) is 12.6. The molecule has 0 aromatic rings. The minimum atomic E-state index is -0.152. The highest BCUT2D eigenvalue weighted by Crippen LogP contribution is 2.32. The number of ether oxygens (including phenoxy) is 1. The van der Waals surface area contributed by atoms with Gasteiger partial charge in [-0.05, 0) is 6.42 Å². The van der Waals surface area contributed by atoms with Gasteiger partial charge in [-0.2, -0.15) is 0 Å². The third-order valence-electron chi connectivity index (χ3n) is 3.42. The predicted octanol–water partition coefficient (Wildman–Crippen LogP) is -0.497. The van der Waals surface area contributed by atoms with Crippen LogP contribution in [0.3, 0.4) is 0 Å². The van der Waals surface area contributed by atoms with E-state index in [9.17, 15) is 9.59 Å². The zero-order valence-electron chi connectivity index (χ0n) is 10.5. The molecule has 1 N–H and O–H groups in total. The van der Waals surface area contributed by atoms with Crippen molar-refractivity contribution in [1.29, 1.82) is 0 Å². The van der Waals surface area contributed by atoms with Gasteiger partial charge >= 0.3 is 6.03 Å². The van der Waals surface area contributed by atoms with Gasteiger partial charge in [0, 0.05) is 34.2 Å². The number of morpholine rings is 1. The Kier molecular flexibility index (Phi) is 3.24. The van der Waals surface area contributed by atoms with Crippen LogP contribution in [0, 0.1) is 5.92 Å². The highest BCUT2D eigenvalue weighted by Gasteiger charge is 2.45. The molecule has 2 fully saturated rings. The maximum Gasteiger partial charge on any atom is 0.317 e. The molecule has 2 aliphatic rings. The minimum absolute atomic E-state index is 0.0000463. The van der Waals surface area contributed by atoms with Crippen LogP contribution in [0.1, 0.15) is 6.42 Å². The molecule has 96 valence electrons. The lowest BCUT2D eigenvalue weighted by Crippen LogP contribution is -2.50. The normalized spacial score (nSPS) is 31.2. The average molecular weight is 241 g/mol. The van der Waals surface area contributed by atoms with Crippen molar-refractivity contribution >= 4 is 11.9 Å². The summed E-state index contributed by atoms with van der Waals surface area (Å²) in [5.74, 6) is -0.0130. The quantitative estimate of drug-likeness (QED) is 0.673. The van der Waals surface area contributed by atoms with Crippen LogP contribution in [0.5, 0.6) is 0 Å². The van der Waals surface area contributed by atoms with E-state index in [4.69, 9.17) is 4.74 Å². The topological polar surface area (TPSA) is 61.9 Å². The highest BCUT2D eigenvalue weighted by molar-refractivity contribution is 5.80. The maximum absolute atomic E-state index is 12.0. The molecule has 0 spiro atoms. The first-order valence-electron chi connectivity index (χ1n) is 5.86. The Morgan fingerprint density at radius 3 is 2.65 bits per heavy atom. The number of nitrogens with zero attached hydrogens (tertiary/aromatic N) is 2. The van der Waals surface area contributed by atoms with E-state index in [0.29, 0.717) is 13.1 Å². The molecule has 17 heavy (non-hydrogen) atoms. The van der Waals surface area contributed by atoms with Crippen LogP contribution in [-0.2, 0) is 9.53 Å². The molecule has 2 bridgehead atoms. The molecule has 0 aromatic heterocycles. The summed E-state index contributed by atoms with van der Waals surface area (Å²) in [6.45, 7) is 1.08. The standard InChI is InChI=1S/C11H19N3O3/c1-12-11(16)14-5-7-4-8(9(6-14)17-7)10(15)13(2)3/h7-9H,4-6H2,1-3H3,(H,12,16). The van der Waals surface area contributed by atoms with Crippen LogP contribution in [0.25, 0.3) is 0 Å². The summed E-state index contributed by atoms with van der Waals surface area (Å²) in [6, 6.07) is -0.0961. The monoisotopic (exact) mass is 241 g/mol. The van der Waals surface area contributed by atoms with Crippen LogP contribution in [-0.4, -0.2) is 68.2 Å². The molecule has 3 atom stereocenters. The van der Waals surface area contributed by atoms with Crippen molar-refractivity contribution in [3.8, 4) is 0 Å². The maximum atomic E-state index is 12.0. The molecule has 2 aliphatic heterocycles. The predicted molar refractivity (Wildman–Crippen MR) is 61.5 cm³/mol. The Bertz CT molecular complexity index is 332. The fourth-order valence-corrected chi connectivity index (χ4v) is 2.57. The van der Waals surface area contributed by atoms with Crippen LogP contribution < -0.4 is 5.32 Å². The Morgan fingerprint density at radius 2 is 2.06 bits per heavy atom. The average Bonchev–Trinajstić information content (AvgIpc) is 2.61. The van der Waals surface area contributed by atoms with Crippen LogP contribution in [0.4, 0.5) is 4.79 Å². The Morgan fingerprint density at radius 1 is 1.35 bits per heavy atom. The number of rotatable bonds is 1. The number of fused-ring (bicyclic) bond motifs is 2. The summed E-state index contributed by atoms with van der Waals surface area (Å²) in [5.41, 5.74) is 0. The summed E-state index contributed by atoms with van der Waals surface area (Å²) in [7, 11) is 5.12. The van der Waals surface area contributed by atoms with Gasteiger partial charge in [0.25, 0.3) is 0 Å². The zero-order valence-corrected chi connectivity index (χ0v) is 10.5. The summed E-state index contributed by atoms with van der Waals surface area (Å²) < 4.78 is 5.74. The number of amides is 3. The second-order valence-electron chi connectivity index (χ2n) is 4.83. The number of hydrogen-bond donors (Lipinski definition) is 1. The first-order chi connectivity index (χ1) is 8.02. The smallest absolute Gasteiger partial charge is 0.317 e. The van der Waals surface area contributed by atoms with Crippen LogP contribution in [0.15, 0.2) is 0 Å².